The van der Waals surface area contributed by atoms with Crippen LogP contribution in [0.3, 0.4) is 0 Å². The van der Waals surface area contributed by atoms with Gasteiger partial charge in [-0.3, -0.25) is 0 Å². The summed E-state index contributed by atoms with van der Waals surface area (Å²) in [6, 6.07) is 3.17. The van der Waals surface area contributed by atoms with Gasteiger partial charge in [0.2, 0.25) is 0 Å². The molecule has 0 saturated carbocycles. The molecule has 1 saturated heterocycles. The molecule has 0 spiro atoms. The number of halogens is 2. The standard InChI is InChI=1S/C11H11Cl2NO4S/c12-7-4-8(13)6-9(5-7)19(16,17)18-11(15)10-2-1-3-14-10/h4-6,10,14H,1-3H2/t10-/m0/s1. The predicted octanol–water partition coefficient (Wildman–Crippen LogP) is 1.98. The zero-order chi connectivity index (χ0) is 14.0. The van der Waals surface area contributed by atoms with Gasteiger partial charge in [0.1, 0.15) is 10.9 Å². The molecule has 0 bridgehead atoms. The third-order valence-electron chi connectivity index (χ3n) is 2.66. The first kappa shape index (κ1) is 14.6. The van der Waals surface area contributed by atoms with Crippen LogP contribution >= 0.6 is 23.2 Å². The molecule has 0 aromatic heterocycles. The highest BCUT2D eigenvalue weighted by atomic mass is 35.5. The van der Waals surface area contributed by atoms with Crippen molar-refractivity contribution < 1.29 is 17.4 Å². The maximum absolute atomic E-state index is 11.9. The van der Waals surface area contributed by atoms with E-state index in [4.69, 9.17) is 23.2 Å². The molecule has 19 heavy (non-hydrogen) atoms. The van der Waals surface area contributed by atoms with Crippen LogP contribution in [0.4, 0.5) is 0 Å². The maximum Gasteiger partial charge on any atom is 0.341 e. The van der Waals surface area contributed by atoms with Crippen LogP contribution in [-0.2, 0) is 19.1 Å². The molecular weight excluding hydrogens is 313 g/mol. The molecule has 1 fully saturated rings. The van der Waals surface area contributed by atoms with E-state index in [0.29, 0.717) is 13.0 Å². The van der Waals surface area contributed by atoms with E-state index in [1.165, 1.54) is 18.2 Å². The molecule has 8 heteroatoms. The van der Waals surface area contributed by atoms with Crippen LogP contribution < -0.4 is 5.32 Å². The number of hydrogen-bond donors (Lipinski definition) is 1. The van der Waals surface area contributed by atoms with Crippen molar-refractivity contribution in [3.8, 4) is 0 Å². The third kappa shape index (κ3) is 3.60. The van der Waals surface area contributed by atoms with E-state index in [1.54, 1.807) is 0 Å². The molecule has 0 aliphatic carbocycles. The summed E-state index contributed by atoms with van der Waals surface area (Å²) in [5.74, 6) is -0.811. The molecule has 1 N–H and O–H groups in total. The Morgan fingerprint density at radius 1 is 1.26 bits per heavy atom. The van der Waals surface area contributed by atoms with Crippen molar-refractivity contribution in [3.05, 3.63) is 28.2 Å². The Bertz CT molecular complexity index is 576. The molecule has 1 heterocycles. The van der Waals surface area contributed by atoms with E-state index >= 15 is 0 Å². The molecule has 1 aliphatic heterocycles. The number of nitrogens with one attached hydrogen (secondary N) is 1. The van der Waals surface area contributed by atoms with Crippen molar-refractivity contribution in [3.63, 3.8) is 0 Å². The monoisotopic (exact) mass is 323 g/mol. The first-order chi connectivity index (χ1) is 8.88. The molecule has 5 nitrogen and oxygen atoms in total. The van der Waals surface area contributed by atoms with Crippen LogP contribution in [0.15, 0.2) is 23.1 Å². The second kappa shape index (κ2) is 5.66. The van der Waals surface area contributed by atoms with Gasteiger partial charge in [0.25, 0.3) is 0 Å². The van der Waals surface area contributed by atoms with Crippen LogP contribution in [-0.4, -0.2) is 27.0 Å². The summed E-state index contributed by atoms with van der Waals surface area (Å²) >= 11 is 11.4. The molecule has 0 amide bonds. The lowest BCUT2D eigenvalue weighted by Gasteiger charge is -2.10. The van der Waals surface area contributed by atoms with E-state index in [0.717, 1.165) is 6.42 Å². The van der Waals surface area contributed by atoms with Crippen molar-refractivity contribution in [2.75, 3.05) is 6.54 Å². The second-order valence-electron chi connectivity index (χ2n) is 4.11. The minimum Gasteiger partial charge on any atom is -0.341 e. The number of hydrogen-bond acceptors (Lipinski definition) is 5. The third-order valence-corrected chi connectivity index (χ3v) is 4.29. The van der Waals surface area contributed by atoms with Crippen molar-refractivity contribution >= 4 is 39.3 Å². The molecule has 1 aromatic carbocycles. The quantitative estimate of drug-likeness (QED) is 0.861. The lowest BCUT2D eigenvalue weighted by molar-refractivity contribution is -0.135. The van der Waals surface area contributed by atoms with Crippen LogP contribution in [0, 0.1) is 0 Å². The molecule has 0 unspecified atom stereocenters. The molecule has 1 aromatic rings. The van der Waals surface area contributed by atoms with Gasteiger partial charge in [-0.2, -0.15) is 8.42 Å². The van der Waals surface area contributed by atoms with E-state index < -0.39 is 22.1 Å². The summed E-state index contributed by atoms with van der Waals surface area (Å²) in [5.41, 5.74) is 0. The topological polar surface area (TPSA) is 72.5 Å². The van der Waals surface area contributed by atoms with E-state index in [1.807, 2.05) is 0 Å². The fraction of sp³-hybridized carbons (Fsp3) is 0.364. The van der Waals surface area contributed by atoms with Crippen molar-refractivity contribution in [2.24, 2.45) is 0 Å². The lowest BCUT2D eigenvalue weighted by atomic mass is 10.2. The molecule has 0 radical (unpaired) electrons. The lowest BCUT2D eigenvalue weighted by Crippen LogP contribution is -2.33. The highest BCUT2D eigenvalue weighted by molar-refractivity contribution is 7.87. The first-order valence-electron chi connectivity index (χ1n) is 5.56. The zero-order valence-electron chi connectivity index (χ0n) is 9.73. The Hall–Kier alpha value is -0.820. The van der Waals surface area contributed by atoms with Crippen LogP contribution in [0.2, 0.25) is 10.0 Å². The van der Waals surface area contributed by atoms with Crippen molar-refractivity contribution in [1.82, 2.24) is 5.32 Å². The van der Waals surface area contributed by atoms with E-state index in [9.17, 15) is 13.2 Å². The minimum absolute atomic E-state index is 0.154. The Morgan fingerprint density at radius 2 is 1.89 bits per heavy atom. The molecule has 1 atom stereocenters. The van der Waals surface area contributed by atoms with Gasteiger partial charge in [-0.1, -0.05) is 23.2 Å². The average molecular weight is 324 g/mol. The van der Waals surface area contributed by atoms with Crippen molar-refractivity contribution in [1.29, 1.82) is 0 Å². The molecule has 2 rings (SSSR count). The SMILES string of the molecule is O=C(OS(=O)(=O)c1cc(Cl)cc(Cl)c1)[C@@H]1CCCN1. The Labute approximate surface area is 121 Å². The maximum atomic E-state index is 11.9. The van der Waals surface area contributed by atoms with Gasteiger partial charge < -0.3 is 9.50 Å². The highest BCUT2D eigenvalue weighted by Gasteiger charge is 2.29. The largest absolute Gasteiger partial charge is 0.341 e. The van der Waals surface area contributed by atoms with E-state index in [2.05, 4.69) is 9.50 Å². The Kier molecular flexibility index (Phi) is 4.35. The number of rotatable bonds is 3. The van der Waals surface area contributed by atoms with Crippen molar-refractivity contribution in [2.45, 2.75) is 23.8 Å². The summed E-state index contributed by atoms with van der Waals surface area (Å²) in [6.45, 7) is 0.669. The predicted molar refractivity (Wildman–Crippen MR) is 70.8 cm³/mol. The Balaban J connectivity index is 2.19. The number of carbonyl (C=O) groups is 1. The van der Waals surface area contributed by atoms with Gasteiger partial charge in [0.15, 0.2) is 0 Å². The fourth-order valence-electron chi connectivity index (χ4n) is 1.77. The van der Waals surface area contributed by atoms with Gasteiger partial charge in [-0.05, 0) is 37.6 Å². The zero-order valence-corrected chi connectivity index (χ0v) is 12.1. The van der Waals surface area contributed by atoms with Crippen LogP contribution in [0.1, 0.15) is 12.8 Å². The number of carbonyl (C=O) groups excluding carboxylic acids is 1. The van der Waals surface area contributed by atoms with Crippen LogP contribution in [0.25, 0.3) is 0 Å². The number of benzene rings is 1. The summed E-state index contributed by atoms with van der Waals surface area (Å²) in [6.07, 6.45) is 1.37. The van der Waals surface area contributed by atoms with Gasteiger partial charge in [0, 0.05) is 10.0 Å². The fourth-order valence-corrected chi connectivity index (χ4v) is 3.40. The normalized spacial score (nSPS) is 19.4. The van der Waals surface area contributed by atoms with Gasteiger partial charge in [0.05, 0.1) is 0 Å². The molecular formula is C11H11Cl2NO4S. The average Bonchev–Trinajstić information content (AvgIpc) is 2.80. The van der Waals surface area contributed by atoms with Gasteiger partial charge in [-0.15, -0.1) is 0 Å². The van der Waals surface area contributed by atoms with Gasteiger partial charge >= 0.3 is 16.1 Å². The minimum atomic E-state index is -4.20. The smallest absolute Gasteiger partial charge is 0.341 e. The summed E-state index contributed by atoms with van der Waals surface area (Å²) in [5, 5.41) is 3.17. The van der Waals surface area contributed by atoms with E-state index in [-0.39, 0.29) is 14.9 Å². The summed E-state index contributed by atoms with van der Waals surface area (Å²) in [4.78, 5) is 11.4. The van der Waals surface area contributed by atoms with Gasteiger partial charge in [-0.25, -0.2) is 4.79 Å². The highest BCUT2D eigenvalue weighted by Crippen LogP contribution is 2.24. The molecule has 1 aliphatic rings. The first-order valence-corrected chi connectivity index (χ1v) is 7.73. The van der Waals surface area contributed by atoms with Crippen LogP contribution in [0.5, 0.6) is 0 Å². The summed E-state index contributed by atoms with van der Waals surface area (Å²) in [7, 11) is -4.20. The second-order valence-corrected chi connectivity index (χ2v) is 6.53. The Morgan fingerprint density at radius 3 is 2.42 bits per heavy atom. The summed E-state index contributed by atoms with van der Waals surface area (Å²) < 4.78 is 28.4. The molecule has 104 valence electrons.